The van der Waals surface area contributed by atoms with Crippen LogP contribution in [-0.4, -0.2) is 50.2 Å². The van der Waals surface area contributed by atoms with Crippen molar-refractivity contribution >= 4 is 16.1 Å². The third-order valence-electron chi connectivity index (χ3n) is 4.57. The Hall–Kier alpha value is -1.60. The molecule has 1 heterocycles. The van der Waals surface area contributed by atoms with Crippen molar-refractivity contribution in [2.24, 2.45) is 0 Å². The van der Waals surface area contributed by atoms with E-state index in [2.05, 4.69) is 22.8 Å². The molecule has 6 nitrogen and oxygen atoms in total. The van der Waals surface area contributed by atoms with Crippen LogP contribution in [0.15, 0.2) is 30.3 Å². The minimum atomic E-state index is -3.11. The van der Waals surface area contributed by atoms with Gasteiger partial charge in [0, 0.05) is 25.7 Å². The molecule has 2 rings (SSSR count). The lowest BCUT2D eigenvalue weighted by Gasteiger charge is -2.31. The van der Waals surface area contributed by atoms with Crippen LogP contribution < -0.4 is 10.6 Å². The molecule has 0 unspecified atom stereocenters. The van der Waals surface area contributed by atoms with E-state index < -0.39 is 10.0 Å². The molecule has 1 aliphatic heterocycles. The van der Waals surface area contributed by atoms with Crippen molar-refractivity contribution in [3.63, 3.8) is 0 Å². The molecule has 25 heavy (non-hydrogen) atoms. The number of hydrogen-bond acceptors (Lipinski definition) is 3. The van der Waals surface area contributed by atoms with E-state index in [0.29, 0.717) is 32.5 Å². The summed E-state index contributed by atoms with van der Waals surface area (Å²) in [6, 6.07) is 10.2. The Morgan fingerprint density at radius 3 is 2.48 bits per heavy atom. The molecule has 1 aromatic carbocycles. The normalized spacial score (nSPS) is 16.5. The number of nitrogens with zero attached hydrogens (tertiary/aromatic N) is 1. The van der Waals surface area contributed by atoms with E-state index in [-0.39, 0.29) is 17.8 Å². The number of rotatable bonds is 8. The molecule has 140 valence electrons. The first-order chi connectivity index (χ1) is 12.0. The van der Waals surface area contributed by atoms with Gasteiger partial charge in [0.15, 0.2) is 0 Å². The number of sulfonamides is 1. The van der Waals surface area contributed by atoms with Crippen LogP contribution in [0.1, 0.15) is 38.2 Å². The third-order valence-corrected chi connectivity index (χ3v) is 6.45. The summed E-state index contributed by atoms with van der Waals surface area (Å²) in [4.78, 5) is 11.9. The summed E-state index contributed by atoms with van der Waals surface area (Å²) >= 11 is 0. The van der Waals surface area contributed by atoms with Crippen molar-refractivity contribution in [3.8, 4) is 0 Å². The molecular weight excluding hydrogens is 338 g/mol. The summed E-state index contributed by atoms with van der Waals surface area (Å²) in [7, 11) is -3.11. The molecule has 1 fully saturated rings. The van der Waals surface area contributed by atoms with Crippen molar-refractivity contribution in [3.05, 3.63) is 35.9 Å². The van der Waals surface area contributed by atoms with Gasteiger partial charge in [0.2, 0.25) is 10.0 Å². The highest BCUT2D eigenvalue weighted by atomic mass is 32.2. The maximum absolute atomic E-state index is 11.9. The van der Waals surface area contributed by atoms with E-state index >= 15 is 0 Å². The van der Waals surface area contributed by atoms with Gasteiger partial charge >= 0.3 is 6.03 Å². The van der Waals surface area contributed by atoms with E-state index in [1.54, 1.807) is 6.92 Å². The predicted molar refractivity (Wildman–Crippen MR) is 100.0 cm³/mol. The molecule has 2 amide bonds. The van der Waals surface area contributed by atoms with Crippen LogP contribution in [-0.2, 0) is 16.4 Å². The van der Waals surface area contributed by atoms with Crippen molar-refractivity contribution in [2.75, 3.05) is 25.4 Å². The molecule has 0 aromatic heterocycles. The first-order valence-corrected chi connectivity index (χ1v) is 10.7. The predicted octanol–water partition coefficient (Wildman–Crippen LogP) is 2.12. The van der Waals surface area contributed by atoms with E-state index in [1.165, 1.54) is 9.87 Å². The molecule has 0 spiro atoms. The second-order valence-corrected chi connectivity index (χ2v) is 8.67. The number of nitrogens with one attached hydrogen (secondary N) is 2. The Balaban J connectivity index is 1.57. The zero-order valence-corrected chi connectivity index (χ0v) is 15.7. The molecule has 2 N–H and O–H groups in total. The molecule has 0 aliphatic carbocycles. The zero-order chi connectivity index (χ0) is 18.1. The van der Waals surface area contributed by atoms with Gasteiger partial charge in [0.05, 0.1) is 5.75 Å². The lowest BCUT2D eigenvalue weighted by Crippen LogP contribution is -2.49. The number of unbranched alkanes of at least 4 members (excludes halogenated alkanes) is 1. The summed E-state index contributed by atoms with van der Waals surface area (Å²) in [5.41, 5.74) is 1.32. The lowest BCUT2D eigenvalue weighted by molar-refractivity contribution is 0.227. The molecule has 1 aromatic rings. The molecular formula is C18H29N3O3S. The fourth-order valence-electron chi connectivity index (χ4n) is 3.00. The number of carbonyl (C=O) groups excluding carboxylic acids is 1. The first kappa shape index (κ1) is 19.7. The van der Waals surface area contributed by atoms with Gasteiger partial charge in [-0.05, 0) is 44.6 Å². The lowest BCUT2D eigenvalue weighted by atomic mass is 10.1. The largest absolute Gasteiger partial charge is 0.338 e. The topological polar surface area (TPSA) is 78.5 Å². The van der Waals surface area contributed by atoms with Gasteiger partial charge in [-0.1, -0.05) is 30.3 Å². The summed E-state index contributed by atoms with van der Waals surface area (Å²) in [6.07, 6.45) is 4.34. The summed E-state index contributed by atoms with van der Waals surface area (Å²) in [5, 5.41) is 5.83. The number of carbonyl (C=O) groups is 1. The summed E-state index contributed by atoms with van der Waals surface area (Å²) in [5.74, 6) is 0.133. The standard InChI is InChI=1S/C18H29N3O3S/c1-2-25(23,24)21-14-11-17(12-15-21)20-18(22)19-13-7-6-10-16-8-4-3-5-9-16/h3-5,8-9,17H,2,6-7,10-15H2,1H3,(H2,19,20,22). The number of amides is 2. The van der Waals surface area contributed by atoms with Crippen LogP contribution in [0.25, 0.3) is 0 Å². The fraction of sp³-hybridized carbons (Fsp3) is 0.611. The Morgan fingerprint density at radius 2 is 1.84 bits per heavy atom. The number of benzene rings is 1. The Morgan fingerprint density at radius 1 is 1.16 bits per heavy atom. The second kappa shape index (κ2) is 9.77. The quantitative estimate of drug-likeness (QED) is 0.691. The molecule has 1 saturated heterocycles. The van der Waals surface area contributed by atoms with Gasteiger partial charge < -0.3 is 10.6 Å². The number of hydrogen-bond donors (Lipinski definition) is 2. The molecule has 0 bridgehead atoms. The van der Waals surface area contributed by atoms with Gasteiger partial charge in [0.1, 0.15) is 0 Å². The molecule has 0 radical (unpaired) electrons. The smallest absolute Gasteiger partial charge is 0.315 e. The van der Waals surface area contributed by atoms with E-state index in [9.17, 15) is 13.2 Å². The van der Waals surface area contributed by atoms with E-state index in [0.717, 1.165) is 19.3 Å². The average Bonchev–Trinajstić information content (AvgIpc) is 2.63. The van der Waals surface area contributed by atoms with Crippen LogP contribution in [0, 0.1) is 0 Å². The summed E-state index contributed by atoms with van der Waals surface area (Å²) in [6.45, 7) is 3.28. The van der Waals surface area contributed by atoms with E-state index in [4.69, 9.17) is 0 Å². The number of urea groups is 1. The highest BCUT2D eigenvalue weighted by Crippen LogP contribution is 2.14. The molecule has 0 saturated carbocycles. The zero-order valence-electron chi connectivity index (χ0n) is 14.9. The van der Waals surface area contributed by atoms with Crippen LogP contribution in [0.2, 0.25) is 0 Å². The first-order valence-electron chi connectivity index (χ1n) is 9.07. The highest BCUT2D eigenvalue weighted by Gasteiger charge is 2.27. The molecule has 1 aliphatic rings. The third kappa shape index (κ3) is 6.66. The molecule has 7 heteroatoms. The van der Waals surface area contributed by atoms with Crippen LogP contribution in [0.4, 0.5) is 4.79 Å². The monoisotopic (exact) mass is 367 g/mol. The number of piperidine rings is 1. The van der Waals surface area contributed by atoms with Crippen LogP contribution in [0.5, 0.6) is 0 Å². The fourth-order valence-corrected chi connectivity index (χ4v) is 4.13. The van der Waals surface area contributed by atoms with Gasteiger partial charge in [-0.3, -0.25) is 0 Å². The van der Waals surface area contributed by atoms with E-state index in [1.807, 2.05) is 18.2 Å². The van der Waals surface area contributed by atoms with Crippen molar-refractivity contribution in [1.82, 2.24) is 14.9 Å². The highest BCUT2D eigenvalue weighted by molar-refractivity contribution is 7.89. The summed E-state index contributed by atoms with van der Waals surface area (Å²) < 4.78 is 25.2. The Labute approximate surface area is 151 Å². The average molecular weight is 368 g/mol. The van der Waals surface area contributed by atoms with Crippen LogP contribution >= 0.6 is 0 Å². The van der Waals surface area contributed by atoms with Gasteiger partial charge in [-0.25, -0.2) is 17.5 Å². The van der Waals surface area contributed by atoms with Gasteiger partial charge in [-0.15, -0.1) is 0 Å². The SMILES string of the molecule is CCS(=O)(=O)N1CCC(NC(=O)NCCCCc2ccccc2)CC1. The minimum absolute atomic E-state index is 0.0487. The number of aryl methyl sites for hydroxylation is 1. The van der Waals surface area contributed by atoms with Crippen molar-refractivity contribution in [2.45, 2.75) is 45.1 Å². The Bertz CT molecular complexity index is 626. The molecule has 0 atom stereocenters. The minimum Gasteiger partial charge on any atom is -0.338 e. The Kier molecular flexibility index (Phi) is 7.71. The van der Waals surface area contributed by atoms with Crippen molar-refractivity contribution in [1.29, 1.82) is 0 Å². The van der Waals surface area contributed by atoms with Gasteiger partial charge in [-0.2, -0.15) is 0 Å². The van der Waals surface area contributed by atoms with Crippen LogP contribution in [0.3, 0.4) is 0 Å². The van der Waals surface area contributed by atoms with Gasteiger partial charge in [0.25, 0.3) is 0 Å². The maximum Gasteiger partial charge on any atom is 0.315 e. The second-order valence-electron chi connectivity index (χ2n) is 6.42. The maximum atomic E-state index is 11.9. The van der Waals surface area contributed by atoms with Crippen molar-refractivity contribution < 1.29 is 13.2 Å².